The average molecular weight is 556 g/mol. The summed E-state index contributed by atoms with van der Waals surface area (Å²) in [6.07, 6.45) is -1.66. The Morgan fingerprint density at radius 2 is 1.47 bits per heavy atom. The van der Waals surface area contributed by atoms with Crippen molar-refractivity contribution in [1.29, 1.82) is 0 Å². The minimum atomic E-state index is -2.91. The molecule has 0 saturated carbocycles. The maximum atomic E-state index is 13.6. The van der Waals surface area contributed by atoms with Gasteiger partial charge in [0, 0.05) is 10.1 Å². The van der Waals surface area contributed by atoms with Crippen molar-refractivity contribution >= 4 is 33.0 Å². The standard InChI is InChI=1S/C29H37NO6SSi/c1-28(2,3)38(29(4,5)6)34-17-21-23(36-38)24(33-16-18-12-8-7-9-13-18)22(27(37)35-21)30-25(31)19-14-10-11-15-20(19)26(30)32/h7-15,21-24,27,37H,16-17H2,1-6H3/t21-,22-,23+,24-,27+/m1/s1. The zero-order valence-electron chi connectivity index (χ0n) is 22.8. The molecule has 204 valence electrons. The Morgan fingerprint density at radius 1 is 0.921 bits per heavy atom. The molecule has 0 radical (unpaired) electrons. The smallest absolute Gasteiger partial charge is 0.349 e. The Balaban J connectivity index is 1.56. The van der Waals surface area contributed by atoms with Gasteiger partial charge in [0.05, 0.1) is 24.3 Å². The first-order valence-corrected chi connectivity index (χ1v) is 15.5. The third kappa shape index (κ3) is 4.47. The molecular weight excluding hydrogens is 518 g/mol. The van der Waals surface area contributed by atoms with E-state index in [4.69, 9.17) is 31.0 Å². The van der Waals surface area contributed by atoms with Crippen molar-refractivity contribution in [2.24, 2.45) is 0 Å². The minimum absolute atomic E-state index is 0.261. The summed E-state index contributed by atoms with van der Waals surface area (Å²) < 4.78 is 26.6. The van der Waals surface area contributed by atoms with E-state index in [0.717, 1.165) is 5.56 Å². The zero-order valence-corrected chi connectivity index (χ0v) is 24.7. The molecular formula is C29H37NO6SSi. The maximum absolute atomic E-state index is 13.6. The highest BCUT2D eigenvalue weighted by molar-refractivity contribution is 7.80. The summed E-state index contributed by atoms with van der Waals surface area (Å²) >= 11 is 4.76. The monoisotopic (exact) mass is 555 g/mol. The molecule has 5 atom stereocenters. The molecule has 3 heterocycles. The Labute approximate surface area is 231 Å². The quantitative estimate of drug-likeness (QED) is 0.312. The molecule has 2 aromatic carbocycles. The van der Waals surface area contributed by atoms with Crippen LogP contribution in [0.5, 0.6) is 0 Å². The molecule has 38 heavy (non-hydrogen) atoms. The fourth-order valence-electron chi connectivity index (χ4n) is 6.23. The van der Waals surface area contributed by atoms with Crippen LogP contribution in [0.15, 0.2) is 54.6 Å². The van der Waals surface area contributed by atoms with Gasteiger partial charge in [-0.25, -0.2) is 0 Å². The SMILES string of the molecule is CC(C)(C)[Si]1(C(C)(C)C)OC[C@H]2O[C@@H](S)[C@H](N3C(=O)c4ccccc4C3=O)[C@@H](OCc3ccccc3)[C@H]2O1. The summed E-state index contributed by atoms with van der Waals surface area (Å²) in [4.78, 5) is 28.4. The Hall–Kier alpha value is -2.01. The number of ether oxygens (including phenoxy) is 2. The third-order valence-electron chi connectivity index (χ3n) is 7.77. The van der Waals surface area contributed by atoms with Gasteiger partial charge in [-0.15, -0.1) is 12.6 Å². The number of amides is 2. The molecule has 0 aromatic heterocycles. The van der Waals surface area contributed by atoms with Crippen molar-refractivity contribution < 1.29 is 27.9 Å². The minimum Gasteiger partial charge on any atom is -0.391 e. The van der Waals surface area contributed by atoms with E-state index in [9.17, 15) is 9.59 Å². The molecule has 3 aliphatic heterocycles. The van der Waals surface area contributed by atoms with Gasteiger partial charge in [-0.05, 0) is 17.7 Å². The number of hydrogen-bond donors (Lipinski definition) is 1. The van der Waals surface area contributed by atoms with Crippen molar-refractivity contribution in [3.05, 3.63) is 71.3 Å². The van der Waals surface area contributed by atoms with E-state index in [-0.39, 0.29) is 21.9 Å². The van der Waals surface area contributed by atoms with E-state index in [2.05, 4.69) is 41.5 Å². The fourth-order valence-corrected chi connectivity index (χ4v) is 11.7. The number of carbonyl (C=O) groups is 2. The number of carbonyl (C=O) groups excluding carboxylic acids is 2. The number of benzene rings is 2. The van der Waals surface area contributed by atoms with Crippen molar-refractivity contribution in [2.75, 3.05) is 6.61 Å². The second-order valence-electron chi connectivity index (χ2n) is 12.4. The lowest BCUT2D eigenvalue weighted by molar-refractivity contribution is -0.218. The molecule has 9 heteroatoms. The lowest BCUT2D eigenvalue weighted by Gasteiger charge is -2.58. The summed E-state index contributed by atoms with van der Waals surface area (Å²) in [5.74, 6) is -0.737. The Kier molecular flexibility index (Phi) is 7.16. The summed E-state index contributed by atoms with van der Waals surface area (Å²) in [6.45, 7) is 13.5. The van der Waals surface area contributed by atoms with Gasteiger partial charge in [-0.3, -0.25) is 14.5 Å². The number of nitrogens with zero attached hydrogens (tertiary/aromatic N) is 1. The molecule has 3 aliphatic rings. The average Bonchev–Trinajstić information content (AvgIpc) is 3.11. The molecule has 2 fully saturated rings. The molecule has 0 spiro atoms. The number of imide groups is 1. The van der Waals surface area contributed by atoms with Crippen LogP contribution in [-0.2, 0) is 24.9 Å². The van der Waals surface area contributed by atoms with Gasteiger partial charge in [-0.2, -0.15) is 0 Å². The van der Waals surface area contributed by atoms with Gasteiger partial charge in [0.15, 0.2) is 0 Å². The van der Waals surface area contributed by atoms with E-state index in [1.54, 1.807) is 24.3 Å². The summed E-state index contributed by atoms with van der Waals surface area (Å²) in [7, 11) is -2.91. The summed E-state index contributed by atoms with van der Waals surface area (Å²) in [5, 5.41) is -0.522. The van der Waals surface area contributed by atoms with Crippen LogP contribution < -0.4 is 0 Å². The van der Waals surface area contributed by atoms with Gasteiger partial charge in [0.2, 0.25) is 0 Å². The highest BCUT2D eigenvalue weighted by atomic mass is 32.1. The van der Waals surface area contributed by atoms with Crippen molar-refractivity contribution in [3.8, 4) is 0 Å². The summed E-state index contributed by atoms with van der Waals surface area (Å²) in [6, 6.07) is 15.9. The van der Waals surface area contributed by atoms with E-state index in [0.29, 0.717) is 24.3 Å². The Morgan fingerprint density at radius 3 is 2.03 bits per heavy atom. The fraction of sp³-hybridized carbons (Fsp3) is 0.517. The van der Waals surface area contributed by atoms with Crippen LogP contribution in [0.4, 0.5) is 0 Å². The molecule has 2 aromatic rings. The largest absolute Gasteiger partial charge is 0.391 e. The first-order valence-electron chi connectivity index (χ1n) is 13.1. The first-order chi connectivity index (χ1) is 17.9. The van der Waals surface area contributed by atoms with E-state index in [1.807, 2.05) is 30.3 Å². The number of thiol groups is 1. The van der Waals surface area contributed by atoms with E-state index < -0.39 is 38.4 Å². The Bertz CT molecular complexity index is 1160. The molecule has 0 N–H and O–H groups in total. The highest BCUT2D eigenvalue weighted by Gasteiger charge is 2.65. The molecule has 2 saturated heterocycles. The van der Waals surface area contributed by atoms with Crippen LogP contribution in [0, 0.1) is 0 Å². The molecule has 5 rings (SSSR count). The van der Waals surface area contributed by atoms with Gasteiger partial charge < -0.3 is 18.3 Å². The van der Waals surface area contributed by atoms with Crippen LogP contribution in [0.1, 0.15) is 67.8 Å². The van der Waals surface area contributed by atoms with E-state index >= 15 is 0 Å². The summed E-state index contributed by atoms with van der Waals surface area (Å²) in [5.41, 5.74) is 0.963. The van der Waals surface area contributed by atoms with Crippen molar-refractivity contribution in [3.63, 3.8) is 0 Å². The number of fused-ring (bicyclic) bond motifs is 2. The highest BCUT2D eigenvalue weighted by Crippen LogP contribution is 2.55. The molecule has 2 amide bonds. The lowest BCUT2D eigenvalue weighted by Crippen LogP contribution is -2.73. The molecule has 0 unspecified atom stereocenters. The van der Waals surface area contributed by atoms with Gasteiger partial charge in [0.25, 0.3) is 11.8 Å². The number of rotatable bonds is 4. The topological polar surface area (TPSA) is 74.3 Å². The van der Waals surface area contributed by atoms with Crippen molar-refractivity contribution in [2.45, 2.75) is 88.0 Å². The normalized spacial score (nSPS) is 29.2. The van der Waals surface area contributed by atoms with Crippen LogP contribution in [0.25, 0.3) is 0 Å². The molecule has 7 nitrogen and oxygen atoms in total. The predicted molar refractivity (Wildman–Crippen MR) is 149 cm³/mol. The maximum Gasteiger partial charge on any atom is 0.349 e. The second kappa shape index (κ2) is 9.87. The van der Waals surface area contributed by atoms with Crippen LogP contribution in [0.2, 0.25) is 10.1 Å². The number of hydrogen-bond acceptors (Lipinski definition) is 7. The van der Waals surface area contributed by atoms with Crippen molar-refractivity contribution in [1.82, 2.24) is 4.90 Å². The van der Waals surface area contributed by atoms with Gasteiger partial charge in [0.1, 0.15) is 29.8 Å². The predicted octanol–water partition coefficient (Wildman–Crippen LogP) is 5.35. The van der Waals surface area contributed by atoms with Crippen LogP contribution >= 0.6 is 12.6 Å². The third-order valence-corrected chi connectivity index (χ3v) is 13.3. The second-order valence-corrected chi connectivity index (χ2v) is 17.6. The molecule has 0 bridgehead atoms. The van der Waals surface area contributed by atoms with Gasteiger partial charge >= 0.3 is 8.56 Å². The van der Waals surface area contributed by atoms with Crippen LogP contribution in [0.3, 0.4) is 0 Å². The zero-order chi connectivity index (χ0) is 27.5. The first kappa shape index (κ1) is 27.5. The van der Waals surface area contributed by atoms with Gasteiger partial charge in [-0.1, -0.05) is 84.0 Å². The van der Waals surface area contributed by atoms with Crippen LogP contribution in [-0.4, -0.2) is 61.7 Å². The molecule has 0 aliphatic carbocycles. The van der Waals surface area contributed by atoms with E-state index in [1.165, 1.54) is 4.90 Å². The lowest BCUT2D eigenvalue weighted by atomic mass is 9.96.